The van der Waals surface area contributed by atoms with Crippen molar-refractivity contribution in [3.8, 4) is 5.75 Å². The number of rotatable bonds is 7. The van der Waals surface area contributed by atoms with Crippen LogP contribution in [0.1, 0.15) is 26.7 Å². The van der Waals surface area contributed by atoms with Crippen molar-refractivity contribution >= 4 is 17.5 Å². The van der Waals surface area contributed by atoms with E-state index in [1.807, 2.05) is 13.8 Å². The van der Waals surface area contributed by atoms with Crippen molar-refractivity contribution in [2.24, 2.45) is 0 Å². The van der Waals surface area contributed by atoms with Gasteiger partial charge in [-0.25, -0.2) is 0 Å². The summed E-state index contributed by atoms with van der Waals surface area (Å²) in [7, 11) is 0. The molecule has 106 valence electrons. The molecule has 0 heterocycles. The number of hydrogen-bond donors (Lipinski definition) is 2. The van der Waals surface area contributed by atoms with Crippen molar-refractivity contribution in [1.29, 1.82) is 0 Å². The van der Waals surface area contributed by atoms with Gasteiger partial charge in [-0.15, -0.1) is 0 Å². The molecule has 1 aromatic carbocycles. The van der Waals surface area contributed by atoms with Crippen molar-refractivity contribution in [3.05, 3.63) is 29.3 Å². The third kappa shape index (κ3) is 4.73. The number of benzene rings is 1. The number of ether oxygens (including phenoxy) is 1. The van der Waals surface area contributed by atoms with Crippen molar-refractivity contribution in [3.63, 3.8) is 0 Å². The molecule has 1 aromatic rings. The average molecular weight is 286 g/mol. The van der Waals surface area contributed by atoms with Crippen LogP contribution in [0, 0.1) is 0 Å². The van der Waals surface area contributed by atoms with Crippen LogP contribution in [0.2, 0.25) is 5.02 Å². The first-order chi connectivity index (χ1) is 9.05. The number of aliphatic hydroxyl groups excluding tert-OH is 1. The molecule has 0 saturated carbocycles. The van der Waals surface area contributed by atoms with E-state index in [1.54, 1.807) is 24.3 Å². The number of hydrogen-bond acceptors (Lipinski definition) is 3. The summed E-state index contributed by atoms with van der Waals surface area (Å²) >= 11 is 5.76. The monoisotopic (exact) mass is 285 g/mol. The molecule has 0 spiro atoms. The highest BCUT2D eigenvalue weighted by Crippen LogP contribution is 2.16. The molecule has 2 N–H and O–H groups in total. The topological polar surface area (TPSA) is 58.6 Å². The van der Waals surface area contributed by atoms with E-state index in [9.17, 15) is 9.90 Å². The summed E-state index contributed by atoms with van der Waals surface area (Å²) in [4.78, 5) is 11.8. The van der Waals surface area contributed by atoms with Gasteiger partial charge in [0.25, 0.3) is 5.91 Å². The first-order valence-electron chi connectivity index (χ1n) is 6.35. The number of nitrogens with one attached hydrogen (secondary N) is 1. The largest absolute Gasteiger partial charge is 0.484 e. The Kier molecular flexibility index (Phi) is 6.12. The standard InChI is InChI=1S/C14H20ClNO3/c1-3-14(4-2,10-17)16-13(18)9-19-12-7-5-11(15)6-8-12/h5-8,17H,3-4,9-10H2,1-2H3,(H,16,18). The molecule has 0 atom stereocenters. The zero-order valence-corrected chi connectivity index (χ0v) is 12.0. The predicted octanol–water partition coefficient (Wildman–Crippen LogP) is 2.39. The summed E-state index contributed by atoms with van der Waals surface area (Å²) < 4.78 is 5.35. The highest BCUT2D eigenvalue weighted by molar-refractivity contribution is 6.30. The molecule has 0 bridgehead atoms. The van der Waals surface area contributed by atoms with Gasteiger partial charge in [-0.2, -0.15) is 0 Å². The lowest BCUT2D eigenvalue weighted by Gasteiger charge is -2.30. The number of amides is 1. The molecule has 19 heavy (non-hydrogen) atoms. The van der Waals surface area contributed by atoms with Gasteiger partial charge in [0.2, 0.25) is 0 Å². The fourth-order valence-corrected chi connectivity index (χ4v) is 1.83. The lowest BCUT2D eigenvalue weighted by molar-refractivity contribution is -0.125. The molecule has 0 aliphatic heterocycles. The van der Waals surface area contributed by atoms with E-state index in [4.69, 9.17) is 16.3 Å². The van der Waals surface area contributed by atoms with Crippen LogP contribution in [0.5, 0.6) is 5.75 Å². The third-order valence-corrected chi connectivity index (χ3v) is 3.50. The van der Waals surface area contributed by atoms with Gasteiger partial charge >= 0.3 is 0 Å². The van der Waals surface area contributed by atoms with Crippen LogP contribution in [-0.4, -0.2) is 29.8 Å². The second-order valence-corrected chi connectivity index (χ2v) is 4.87. The minimum Gasteiger partial charge on any atom is -0.484 e. The number of carbonyl (C=O) groups is 1. The third-order valence-electron chi connectivity index (χ3n) is 3.24. The molecule has 0 unspecified atom stereocenters. The van der Waals surface area contributed by atoms with Crippen molar-refractivity contribution < 1.29 is 14.6 Å². The summed E-state index contributed by atoms with van der Waals surface area (Å²) in [5.74, 6) is 0.342. The van der Waals surface area contributed by atoms with E-state index in [1.165, 1.54) is 0 Å². The van der Waals surface area contributed by atoms with E-state index in [0.29, 0.717) is 23.6 Å². The SMILES string of the molecule is CCC(CC)(CO)NC(=O)COc1ccc(Cl)cc1. The number of aliphatic hydroxyl groups is 1. The average Bonchev–Trinajstić information content (AvgIpc) is 2.44. The molecule has 0 radical (unpaired) electrons. The zero-order chi connectivity index (χ0) is 14.3. The summed E-state index contributed by atoms with van der Waals surface area (Å²) in [6.07, 6.45) is 1.35. The summed E-state index contributed by atoms with van der Waals surface area (Å²) in [5.41, 5.74) is -0.555. The minimum atomic E-state index is -0.555. The lowest BCUT2D eigenvalue weighted by Crippen LogP contribution is -2.51. The van der Waals surface area contributed by atoms with Gasteiger partial charge in [0.1, 0.15) is 5.75 Å². The predicted molar refractivity (Wildman–Crippen MR) is 75.5 cm³/mol. The molecular formula is C14H20ClNO3. The van der Waals surface area contributed by atoms with Crippen LogP contribution in [-0.2, 0) is 4.79 Å². The van der Waals surface area contributed by atoms with Crippen LogP contribution in [0.15, 0.2) is 24.3 Å². The summed E-state index contributed by atoms with van der Waals surface area (Å²) in [5, 5.41) is 12.8. The Labute approximate surface area is 118 Å². The van der Waals surface area contributed by atoms with Crippen molar-refractivity contribution in [1.82, 2.24) is 5.32 Å². The Morgan fingerprint density at radius 1 is 1.32 bits per heavy atom. The molecule has 1 amide bonds. The molecule has 0 aliphatic carbocycles. The molecular weight excluding hydrogens is 266 g/mol. The maximum atomic E-state index is 11.8. The van der Waals surface area contributed by atoms with Crippen LogP contribution in [0.25, 0.3) is 0 Å². The van der Waals surface area contributed by atoms with E-state index < -0.39 is 5.54 Å². The second kappa shape index (κ2) is 7.36. The number of carbonyl (C=O) groups excluding carboxylic acids is 1. The van der Waals surface area contributed by atoms with Crippen molar-refractivity contribution in [2.75, 3.05) is 13.2 Å². The van der Waals surface area contributed by atoms with Gasteiger partial charge in [-0.3, -0.25) is 4.79 Å². The smallest absolute Gasteiger partial charge is 0.258 e. The molecule has 4 nitrogen and oxygen atoms in total. The van der Waals surface area contributed by atoms with Gasteiger partial charge in [-0.1, -0.05) is 25.4 Å². The van der Waals surface area contributed by atoms with E-state index in [2.05, 4.69) is 5.32 Å². The zero-order valence-electron chi connectivity index (χ0n) is 11.3. The molecule has 0 saturated heterocycles. The fourth-order valence-electron chi connectivity index (χ4n) is 1.70. The molecule has 5 heteroatoms. The van der Waals surface area contributed by atoms with Gasteiger partial charge in [0, 0.05) is 5.02 Å². The van der Waals surface area contributed by atoms with Gasteiger partial charge < -0.3 is 15.2 Å². The quantitative estimate of drug-likeness (QED) is 0.809. The first kappa shape index (κ1) is 15.8. The van der Waals surface area contributed by atoms with E-state index in [-0.39, 0.29) is 19.1 Å². The minimum absolute atomic E-state index is 0.0767. The van der Waals surface area contributed by atoms with Crippen LogP contribution in [0.3, 0.4) is 0 Å². The Balaban J connectivity index is 2.49. The normalized spacial score (nSPS) is 11.2. The highest BCUT2D eigenvalue weighted by Gasteiger charge is 2.27. The van der Waals surface area contributed by atoms with Gasteiger partial charge in [0.15, 0.2) is 6.61 Å². The maximum absolute atomic E-state index is 11.8. The Bertz CT molecular complexity index is 393. The molecule has 0 aliphatic rings. The van der Waals surface area contributed by atoms with Crippen LogP contribution in [0.4, 0.5) is 0 Å². The fraction of sp³-hybridized carbons (Fsp3) is 0.500. The van der Waals surface area contributed by atoms with Crippen molar-refractivity contribution in [2.45, 2.75) is 32.2 Å². The molecule has 0 fully saturated rings. The molecule has 1 rings (SSSR count). The van der Waals surface area contributed by atoms with Crippen LogP contribution < -0.4 is 10.1 Å². The summed E-state index contributed by atoms with van der Waals surface area (Å²) in [6, 6.07) is 6.80. The Morgan fingerprint density at radius 2 is 1.89 bits per heavy atom. The maximum Gasteiger partial charge on any atom is 0.258 e. The number of halogens is 1. The van der Waals surface area contributed by atoms with E-state index in [0.717, 1.165) is 0 Å². The highest BCUT2D eigenvalue weighted by atomic mass is 35.5. The van der Waals surface area contributed by atoms with Crippen LogP contribution >= 0.6 is 11.6 Å². The van der Waals surface area contributed by atoms with E-state index >= 15 is 0 Å². The Morgan fingerprint density at radius 3 is 2.37 bits per heavy atom. The second-order valence-electron chi connectivity index (χ2n) is 4.44. The first-order valence-corrected chi connectivity index (χ1v) is 6.73. The molecule has 0 aromatic heterocycles. The Hall–Kier alpha value is -1.26. The van der Waals surface area contributed by atoms with Gasteiger partial charge in [-0.05, 0) is 37.1 Å². The summed E-state index contributed by atoms with van der Waals surface area (Å²) in [6.45, 7) is 3.70. The van der Waals surface area contributed by atoms with Gasteiger partial charge in [0.05, 0.1) is 12.1 Å². The lowest BCUT2D eigenvalue weighted by atomic mass is 9.94.